The topological polar surface area (TPSA) is 46.5 Å². The number of carbonyl (C=O) groups is 1. The summed E-state index contributed by atoms with van der Waals surface area (Å²) in [4.78, 5) is 10.5. The molecule has 17 heavy (non-hydrogen) atoms. The van der Waals surface area contributed by atoms with Crippen molar-refractivity contribution in [1.29, 1.82) is 0 Å². The van der Waals surface area contributed by atoms with Crippen molar-refractivity contribution < 1.29 is 23.4 Å². The first-order chi connectivity index (χ1) is 7.86. The molecular weight excluding hydrogens is 230 g/mol. The van der Waals surface area contributed by atoms with Gasteiger partial charge in [0.05, 0.1) is 7.11 Å². The maximum absolute atomic E-state index is 13.4. The second kappa shape index (κ2) is 5.12. The summed E-state index contributed by atoms with van der Waals surface area (Å²) >= 11 is 0. The highest BCUT2D eigenvalue weighted by molar-refractivity contribution is 5.67. The first kappa shape index (κ1) is 13.4. The van der Waals surface area contributed by atoms with Crippen LogP contribution in [0.1, 0.15) is 24.5 Å². The molecule has 94 valence electrons. The predicted octanol–water partition coefficient (Wildman–Crippen LogP) is 2.82. The molecule has 0 amide bonds. The summed E-state index contributed by atoms with van der Waals surface area (Å²) in [6.07, 6.45) is -0.179. The lowest BCUT2D eigenvalue weighted by Crippen LogP contribution is -2.13. The maximum atomic E-state index is 13.4. The number of benzene rings is 1. The molecule has 1 N–H and O–H groups in total. The van der Waals surface area contributed by atoms with E-state index in [0.29, 0.717) is 5.75 Å². The van der Waals surface area contributed by atoms with Crippen molar-refractivity contribution in [1.82, 2.24) is 0 Å². The van der Waals surface area contributed by atoms with Crippen LogP contribution < -0.4 is 4.74 Å². The molecule has 0 radical (unpaired) electrons. The molecule has 5 heteroatoms. The number of halogens is 2. The number of carboxylic acid groups (broad SMARTS) is 1. The smallest absolute Gasteiger partial charge is 0.303 e. The number of rotatable bonds is 5. The van der Waals surface area contributed by atoms with E-state index in [9.17, 15) is 13.6 Å². The van der Waals surface area contributed by atoms with Gasteiger partial charge in [-0.2, -0.15) is 0 Å². The molecule has 0 aromatic heterocycles. The van der Waals surface area contributed by atoms with Crippen molar-refractivity contribution in [2.45, 2.75) is 25.7 Å². The number of carboxylic acids is 1. The molecule has 0 atom stereocenters. The lowest BCUT2D eigenvalue weighted by atomic mass is 9.97. The van der Waals surface area contributed by atoms with Gasteiger partial charge < -0.3 is 9.84 Å². The Morgan fingerprint density at radius 2 is 2.12 bits per heavy atom. The summed E-state index contributed by atoms with van der Waals surface area (Å²) in [5.41, 5.74) is 0.0722. The number of hydrogen-bond donors (Lipinski definition) is 1. The number of ether oxygens (including phenoxy) is 1. The average molecular weight is 244 g/mol. The van der Waals surface area contributed by atoms with E-state index >= 15 is 0 Å². The van der Waals surface area contributed by atoms with Crippen LogP contribution in [0.4, 0.5) is 8.78 Å². The lowest BCUT2D eigenvalue weighted by Gasteiger charge is -2.18. The minimum atomic E-state index is -3.01. The quantitative estimate of drug-likeness (QED) is 0.866. The Bertz CT molecular complexity index is 411. The SMILES string of the molecule is COc1cccc(C(C)(F)F)c1CCC(=O)O. The summed E-state index contributed by atoms with van der Waals surface area (Å²) in [6.45, 7) is 0.784. The highest BCUT2D eigenvalue weighted by Gasteiger charge is 2.29. The molecule has 0 saturated carbocycles. The zero-order chi connectivity index (χ0) is 13.1. The van der Waals surface area contributed by atoms with Gasteiger partial charge in [-0.1, -0.05) is 12.1 Å². The summed E-state index contributed by atoms with van der Waals surface area (Å²) in [7, 11) is 1.37. The molecule has 0 aliphatic rings. The second-order valence-electron chi connectivity index (χ2n) is 3.77. The Labute approximate surface area is 98.0 Å². The van der Waals surface area contributed by atoms with Gasteiger partial charge in [0, 0.05) is 24.5 Å². The fraction of sp³-hybridized carbons (Fsp3) is 0.417. The molecular formula is C12H14F2O3. The molecule has 1 aromatic rings. The van der Waals surface area contributed by atoms with Gasteiger partial charge in [-0.25, -0.2) is 8.78 Å². The van der Waals surface area contributed by atoms with Gasteiger partial charge in [0.2, 0.25) is 0 Å². The molecule has 1 rings (SSSR count). The number of alkyl halides is 2. The largest absolute Gasteiger partial charge is 0.496 e. The van der Waals surface area contributed by atoms with Gasteiger partial charge in [0.15, 0.2) is 0 Å². The van der Waals surface area contributed by atoms with Gasteiger partial charge in [-0.15, -0.1) is 0 Å². The van der Waals surface area contributed by atoms with Crippen molar-refractivity contribution in [3.8, 4) is 5.75 Å². The van der Waals surface area contributed by atoms with E-state index < -0.39 is 11.9 Å². The monoisotopic (exact) mass is 244 g/mol. The molecule has 0 aliphatic carbocycles. The molecule has 0 spiro atoms. The van der Waals surface area contributed by atoms with E-state index in [1.54, 1.807) is 6.07 Å². The summed E-state index contributed by atoms with van der Waals surface area (Å²) in [5.74, 6) is -3.74. The Morgan fingerprint density at radius 3 is 2.59 bits per heavy atom. The predicted molar refractivity (Wildman–Crippen MR) is 58.5 cm³/mol. The van der Waals surface area contributed by atoms with E-state index in [1.165, 1.54) is 19.2 Å². The van der Waals surface area contributed by atoms with Gasteiger partial charge in [0.25, 0.3) is 5.92 Å². The highest BCUT2D eigenvalue weighted by atomic mass is 19.3. The number of methoxy groups -OCH3 is 1. The molecule has 0 bridgehead atoms. The Hall–Kier alpha value is -1.65. The molecule has 0 aliphatic heterocycles. The molecule has 3 nitrogen and oxygen atoms in total. The van der Waals surface area contributed by atoms with Crippen molar-refractivity contribution in [2.75, 3.05) is 7.11 Å². The van der Waals surface area contributed by atoms with E-state index in [4.69, 9.17) is 9.84 Å². The van der Waals surface area contributed by atoms with E-state index in [2.05, 4.69) is 0 Å². The molecule has 0 heterocycles. The number of hydrogen-bond acceptors (Lipinski definition) is 2. The second-order valence-corrected chi connectivity index (χ2v) is 3.77. The molecule has 0 unspecified atom stereocenters. The standard InChI is InChI=1S/C12H14F2O3/c1-12(13,14)9-4-3-5-10(17-2)8(9)6-7-11(15)16/h3-5H,6-7H2,1-2H3,(H,15,16). The van der Waals surface area contributed by atoms with Crippen molar-refractivity contribution in [3.63, 3.8) is 0 Å². The van der Waals surface area contributed by atoms with Crippen LogP contribution in [0.15, 0.2) is 18.2 Å². The van der Waals surface area contributed by atoms with Crippen LogP contribution in [0.3, 0.4) is 0 Å². The first-order valence-electron chi connectivity index (χ1n) is 5.12. The van der Waals surface area contributed by atoms with Crippen molar-refractivity contribution in [3.05, 3.63) is 29.3 Å². The van der Waals surface area contributed by atoms with E-state index in [-0.39, 0.29) is 24.0 Å². The van der Waals surface area contributed by atoms with E-state index in [0.717, 1.165) is 6.92 Å². The summed E-state index contributed by atoms with van der Waals surface area (Å²) in [6, 6.07) is 4.31. The van der Waals surface area contributed by atoms with E-state index in [1.807, 2.05) is 0 Å². The van der Waals surface area contributed by atoms with Gasteiger partial charge in [0.1, 0.15) is 5.75 Å². The average Bonchev–Trinajstić information content (AvgIpc) is 2.24. The Kier molecular flexibility index (Phi) is 4.04. The summed E-state index contributed by atoms with van der Waals surface area (Å²) in [5, 5.41) is 8.60. The fourth-order valence-corrected chi connectivity index (χ4v) is 1.66. The first-order valence-corrected chi connectivity index (χ1v) is 5.12. The normalized spacial score (nSPS) is 11.3. The molecule has 0 saturated heterocycles. The third-order valence-electron chi connectivity index (χ3n) is 2.41. The zero-order valence-corrected chi connectivity index (χ0v) is 9.67. The van der Waals surface area contributed by atoms with Crippen LogP contribution in [-0.2, 0) is 17.1 Å². The zero-order valence-electron chi connectivity index (χ0n) is 9.67. The molecule has 0 fully saturated rings. The highest BCUT2D eigenvalue weighted by Crippen LogP contribution is 2.35. The van der Waals surface area contributed by atoms with Gasteiger partial charge in [-0.3, -0.25) is 4.79 Å². The van der Waals surface area contributed by atoms with Crippen LogP contribution >= 0.6 is 0 Å². The lowest BCUT2D eigenvalue weighted by molar-refractivity contribution is -0.137. The van der Waals surface area contributed by atoms with Crippen molar-refractivity contribution in [2.24, 2.45) is 0 Å². The van der Waals surface area contributed by atoms with Gasteiger partial charge in [-0.05, 0) is 12.5 Å². The number of aliphatic carboxylic acids is 1. The molecule has 1 aromatic carbocycles. The minimum Gasteiger partial charge on any atom is -0.496 e. The minimum absolute atomic E-state index is 0.0259. The van der Waals surface area contributed by atoms with Crippen LogP contribution in [-0.4, -0.2) is 18.2 Å². The van der Waals surface area contributed by atoms with Crippen molar-refractivity contribution >= 4 is 5.97 Å². The van der Waals surface area contributed by atoms with Crippen LogP contribution in [0.2, 0.25) is 0 Å². The van der Waals surface area contributed by atoms with Crippen LogP contribution in [0.5, 0.6) is 5.75 Å². The third-order valence-corrected chi connectivity index (χ3v) is 2.41. The Balaban J connectivity index is 3.16. The fourth-order valence-electron chi connectivity index (χ4n) is 1.66. The van der Waals surface area contributed by atoms with Crippen LogP contribution in [0, 0.1) is 0 Å². The van der Waals surface area contributed by atoms with Crippen LogP contribution in [0.25, 0.3) is 0 Å². The summed E-state index contributed by atoms with van der Waals surface area (Å²) < 4.78 is 31.7. The maximum Gasteiger partial charge on any atom is 0.303 e. The third kappa shape index (κ3) is 3.41. The van der Waals surface area contributed by atoms with Gasteiger partial charge >= 0.3 is 5.97 Å². The Morgan fingerprint density at radius 1 is 1.47 bits per heavy atom.